The molecule has 0 aliphatic carbocycles. The molecule has 1 rings (SSSR count). The number of hydrogen-bond acceptors (Lipinski definition) is 3. The molecular formula is C13H21NO2S. The maximum atomic E-state index is 11.8. The van der Waals surface area contributed by atoms with Gasteiger partial charge in [0.05, 0.1) is 6.61 Å². The second-order valence-electron chi connectivity index (χ2n) is 3.81. The number of aryl methyl sites for hydroxylation is 2. The van der Waals surface area contributed by atoms with Crippen molar-refractivity contribution in [2.45, 2.75) is 33.7 Å². The Kier molecular flexibility index (Phi) is 6.19. The molecule has 0 spiro atoms. The number of carbonyl (C=O) groups is 1. The third-order valence-corrected chi connectivity index (χ3v) is 3.51. The van der Waals surface area contributed by atoms with Crippen LogP contribution in [0.15, 0.2) is 12.3 Å². The Morgan fingerprint density at radius 2 is 2.24 bits per heavy atom. The van der Waals surface area contributed by atoms with Gasteiger partial charge in [-0.3, -0.25) is 0 Å². The molecule has 0 radical (unpaired) electrons. The van der Waals surface area contributed by atoms with Gasteiger partial charge in [-0.1, -0.05) is 6.92 Å². The summed E-state index contributed by atoms with van der Waals surface area (Å²) in [4.78, 5) is 11.8. The fraction of sp³-hybridized carbons (Fsp3) is 0.615. The van der Waals surface area contributed by atoms with E-state index in [1.165, 1.54) is 0 Å². The van der Waals surface area contributed by atoms with E-state index in [1.54, 1.807) is 0 Å². The molecule has 0 N–H and O–H groups in total. The Bertz CT molecular complexity index is 360. The molecule has 1 aromatic heterocycles. The Labute approximate surface area is 108 Å². The van der Waals surface area contributed by atoms with E-state index < -0.39 is 0 Å². The molecule has 0 aliphatic heterocycles. The largest absolute Gasteiger partial charge is 0.461 e. The number of thioether (sulfide) groups is 1. The van der Waals surface area contributed by atoms with Crippen LogP contribution in [0.5, 0.6) is 0 Å². The van der Waals surface area contributed by atoms with Crippen LogP contribution in [0, 0.1) is 6.92 Å². The molecular weight excluding hydrogens is 234 g/mol. The van der Waals surface area contributed by atoms with Crippen molar-refractivity contribution >= 4 is 17.7 Å². The number of rotatable bonds is 7. The van der Waals surface area contributed by atoms with E-state index in [-0.39, 0.29) is 5.97 Å². The summed E-state index contributed by atoms with van der Waals surface area (Å²) in [5, 5.41) is 0. The van der Waals surface area contributed by atoms with E-state index in [0.717, 1.165) is 30.0 Å². The van der Waals surface area contributed by atoms with E-state index in [2.05, 4.69) is 6.92 Å². The van der Waals surface area contributed by atoms with Gasteiger partial charge >= 0.3 is 5.97 Å². The number of esters is 1. The van der Waals surface area contributed by atoms with Crippen LogP contribution in [0.1, 0.15) is 36.3 Å². The SMILES string of the molecule is CCOC(=O)c1c(C)ccn1CCCSCC. The molecule has 4 heteroatoms. The first-order chi connectivity index (χ1) is 8.20. The summed E-state index contributed by atoms with van der Waals surface area (Å²) in [6.45, 7) is 7.25. The lowest BCUT2D eigenvalue weighted by Crippen LogP contribution is -2.13. The summed E-state index contributed by atoms with van der Waals surface area (Å²) in [5.41, 5.74) is 1.69. The van der Waals surface area contributed by atoms with Gasteiger partial charge in [0.25, 0.3) is 0 Å². The van der Waals surface area contributed by atoms with Crippen molar-refractivity contribution < 1.29 is 9.53 Å². The monoisotopic (exact) mass is 255 g/mol. The Balaban J connectivity index is 2.62. The van der Waals surface area contributed by atoms with Gasteiger partial charge in [-0.15, -0.1) is 0 Å². The number of carbonyl (C=O) groups excluding carboxylic acids is 1. The molecule has 0 atom stereocenters. The van der Waals surface area contributed by atoms with Gasteiger partial charge in [-0.25, -0.2) is 4.79 Å². The number of ether oxygens (including phenoxy) is 1. The lowest BCUT2D eigenvalue weighted by Gasteiger charge is -2.09. The Morgan fingerprint density at radius 3 is 2.88 bits per heavy atom. The highest BCUT2D eigenvalue weighted by molar-refractivity contribution is 7.99. The zero-order valence-electron chi connectivity index (χ0n) is 10.9. The Morgan fingerprint density at radius 1 is 1.47 bits per heavy atom. The summed E-state index contributed by atoms with van der Waals surface area (Å²) in [7, 11) is 0. The summed E-state index contributed by atoms with van der Waals surface area (Å²) in [6.07, 6.45) is 3.05. The van der Waals surface area contributed by atoms with Crippen LogP contribution in [0.2, 0.25) is 0 Å². The number of aromatic nitrogens is 1. The third kappa shape index (κ3) is 4.11. The fourth-order valence-corrected chi connectivity index (χ4v) is 2.35. The van der Waals surface area contributed by atoms with Gasteiger partial charge in [0, 0.05) is 12.7 Å². The van der Waals surface area contributed by atoms with Crippen molar-refractivity contribution in [1.29, 1.82) is 0 Å². The van der Waals surface area contributed by atoms with E-state index in [9.17, 15) is 4.79 Å². The maximum Gasteiger partial charge on any atom is 0.355 e. The quantitative estimate of drug-likeness (QED) is 0.554. The predicted octanol–water partition coefficient (Wildman–Crippen LogP) is 3.12. The van der Waals surface area contributed by atoms with Crippen LogP contribution in [-0.4, -0.2) is 28.6 Å². The van der Waals surface area contributed by atoms with Crippen molar-refractivity contribution in [3.8, 4) is 0 Å². The minimum atomic E-state index is -0.210. The van der Waals surface area contributed by atoms with Crippen molar-refractivity contribution in [3.05, 3.63) is 23.5 Å². The first-order valence-corrected chi connectivity index (χ1v) is 7.26. The van der Waals surface area contributed by atoms with E-state index in [0.29, 0.717) is 12.3 Å². The standard InChI is InChI=1S/C13H21NO2S/c1-4-16-13(15)12-11(3)7-9-14(12)8-6-10-17-5-2/h7,9H,4-6,8,10H2,1-3H3. The van der Waals surface area contributed by atoms with Gasteiger partial charge in [0.15, 0.2) is 0 Å². The van der Waals surface area contributed by atoms with Crippen LogP contribution in [-0.2, 0) is 11.3 Å². The molecule has 0 amide bonds. The molecule has 0 aliphatic rings. The molecule has 0 aromatic carbocycles. The smallest absolute Gasteiger partial charge is 0.355 e. The average molecular weight is 255 g/mol. The molecule has 1 aromatic rings. The molecule has 1 heterocycles. The molecule has 0 fully saturated rings. The van der Waals surface area contributed by atoms with Crippen LogP contribution in [0.3, 0.4) is 0 Å². The highest BCUT2D eigenvalue weighted by atomic mass is 32.2. The highest BCUT2D eigenvalue weighted by Crippen LogP contribution is 2.13. The average Bonchev–Trinajstić information content (AvgIpc) is 2.66. The van der Waals surface area contributed by atoms with Gasteiger partial charge in [-0.2, -0.15) is 11.8 Å². The minimum absolute atomic E-state index is 0.210. The second-order valence-corrected chi connectivity index (χ2v) is 5.21. The Hall–Kier alpha value is -0.900. The van der Waals surface area contributed by atoms with E-state index >= 15 is 0 Å². The molecule has 17 heavy (non-hydrogen) atoms. The zero-order chi connectivity index (χ0) is 12.7. The van der Waals surface area contributed by atoms with Gasteiger partial charge in [-0.05, 0) is 43.4 Å². The van der Waals surface area contributed by atoms with Crippen LogP contribution in [0.25, 0.3) is 0 Å². The van der Waals surface area contributed by atoms with Crippen LogP contribution < -0.4 is 0 Å². The highest BCUT2D eigenvalue weighted by Gasteiger charge is 2.15. The number of nitrogens with zero attached hydrogens (tertiary/aromatic N) is 1. The lowest BCUT2D eigenvalue weighted by atomic mass is 10.2. The van der Waals surface area contributed by atoms with Crippen LogP contribution >= 0.6 is 11.8 Å². The first kappa shape index (κ1) is 14.2. The third-order valence-electron chi connectivity index (χ3n) is 2.53. The summed E-state index contributed by atoms with van der Waals surface area (Å²) in [5.74, 6) is 2.07. The molecule has 3 nitrogen and oxygen atoms in total. The number of hydrogen-bond donors (Lipinski definition) is 0. The second kappa shape index (κ2) is 7.43. The van der Waals surface area contributed by atoms with Crippen LogP contribution in [0.4, 0.5) is 0 Å². The maximum absolute atomic E-state index is 11.8. The zero-order valence-corrected chi connectivity index (χ0v) is 11.7. The normalized spacial score (nSPS) is 10.5. The summed E-state index contributed by atoms with van der Waals surface area (Å²) in [6, 6.07) is 1.97. The summed E-state index contributed by atoms with van der Waals surface area (Å²) >= 11 is 1.93. The molecule has 96 valence electrons. The minimum Gasteiger partial charge on any atom is -0.461 e. The van der Waals surface area contributed by atoms with Gasteiger partial charge in [0.1, 0.15) is 5.69 Å². The molecule has 0 bridgehead atoms. The predicted molar refractivity (Wildman–Crippen MR) is 72.7 cm³/mol. The van der Waals surface area contributed by atoms with E-state index in [4.69, 9.17) is 4.74 Å². The van der Waals surface area contributed by atoms with Crippen molar-refractivity contribution in [3.63, 3.8) is 0 Å². The van der Waals surface area contributed by atoms with Crippen molar-refractivity contribution in [2.75, 3.05) is 18.1 Å². The van der Waals surface area contributed by atoms with Crippen molar-refractivity contribution in [2.24, 2.45) is 0 Å². The molecule has 0 saturated heterocycles. The fourth-order valence-electron chi connectivity index (χ4n) is 1.73. The van der Waals surface area contributed by atoms with Gasteiger partial charge in [0.2, 0.25) is 0 Å². The molecule has 0 unspecified atom stereocenters. The van der Waals surface area contributed by atoms with Crippen molar-refractivity contribution in [1.82, 2.24) is 4.57 Å². The summed E-state index contributed by atoms with van der Waals surface area (Å²) < 4.78 is 7.07. The first-order valence-electron chi connectivity index (χ1n) is 6.11. The lowest BCUT2D eigenvalue weighted by molar-refractivity contribution is 0.0513. The van der Waals surface area contributed by atoms with E-state index in [1.807, 2.05) is 42.4 Å². The van der Waals surface area contributed by atoms with Gasteiger partial charge < -0.3 is 9.30 Å². The molecule has 0 saturated carbocycles. The topological polar surface area (TPSA) is 31.2 Å².